The summed E-state index contributed by atoms with van der Waals surface area (Å²) in [5.41, 5.74) is -4.00. The van der Waals surface area contributed by atoms with Crippen molar-refractivity contribution < 1.29 is 22.4 Å². The van der Waals surface area contributed by atoms with E-state index in [9.17, 15) is 18.0 Å². The monoisotopic (exact) mass is 329 g/mol. The molecule has 0 N–H and O–H groups in total. The van der Waals surface area contributed by atoms with Gasteiger partial charge in [0, 0.05) is 17.5 Å². The van der Waals surface area contributed by atoms with Gasteiger partial charge in [0.15, 0.2) is 0 Å². The minimum atomic E-state index is -4.33. The zero-order valence-corrected chi connectivity index (χ0v) is 12.8. The number of carbonyl (C=O) groups excluding carboxylic acids is 1. The van der Waals surface area contributed by atoms with E-state index in [4.69, 9.17) is 4.42 Å². The van der Waals surface area contributed by atoms with Crippen LogP contribution < -0.4 is 0 Å². The van der Waals surface area contributed by atoms with Crippen molar-refractivity contribution in [1.29, 1.82) is 0 Å². The number of halogens is 3. The Hall–Kier alpha value is -1.89. The predicted octanol–water partition coefficient (Wildman–Crippen LogP) is 4.47. The molecule has 0 aliphatic heterocycles. The van der Waals surface area contributed by atoms with Crippen molar-refractivity contribution in [2.45, 2.75) is 23.9 Å². The standard InChI is InChI=1S/C15H14F3NO2S/c1-10-3-6-12(21-10)9-19(2)14(20)11-4-7-13(8-5-11)22-15(16,17)18/h3-8H,9H2,1-2H3. The summed E-state index contributed by atoms with van der Waals surface area (Å²) in [4.78, 5) is 13.7. The van der Waals surface area contributed by atoms with Gasteiger partial charge in [-0.05, 0) is 55.1 Å². The Kier molecular flexibility index (Phi) is 4.85. The van der Waals surface area contributed by atoms with Gasteiger partial charge in [-0.15, -0.1) is 0 Å². The molecule has 0 atom stereocenters. The fourth-order valence-electron chi connectivity index (χ4n) is 1.90. The second-order valence-corrected chi connectivity index (χ2v) is 5.88. The predicted molar refractivity (Wildman–Crippen MR) is 77.6 cm³/mol. The van der Waals surface area contributed by atoms with Gasteiger partial charge in [0.05, 0.1) is 6.54 Å². The maximum absolute atomic E-state index is 12.3. The third-order valence-electron chi connectivity index (χ3n) is 2.87. The number of alkyl halides is 3. The molecule has 1 amide bonds. The summed E-state index contributed by atoms with van der Waals surface area (Å²) in [7, 11) is 1.61. The molecule has 118 valence electrons. The van der Waals surface area contributed by atoms with Crippen molar-refractivity contribution in [2.24, 2.45) is 0 Å². The highest BCUT2D eigenvalue weighted by Gasteiger charge is 2.29. The first-order valence-electron chi connectivity index (χ1n) is 6.41. The smallest absolute Gasteiger partial charge is 0.446 e. The Morgan fingerprint density at radius 3 is 2.32 bits per heavy atom. The van der Waals surface area contributed by atoms with E-state index in [1.54, 1.807) is 19.2 Å². The van der Waals surface area contributed by atoms with Gasteiger partial charge in [0.2, 0.25) is 0 Å². The van der Waals surface area contributed by atoms with Gasteiger partial charge in [0.1, 0.15) is 11.5 Å². The van der Waals surface area contributed by atoms with Gasteiger partial charge in [-0.3, -0.25) is 4.79 Å². The number of benzene rings is 1. The van der Waals surface area contributed by atoms with E-state index in [0.717, 1.165) is 5.76 Å². The van der Waals surface area contributed by atoms with Crippen molar-refractivity contribution in [3.05, 3.63) is 53.5 Å². The van der Waals surface area contributed by atoms with Crippen LogP contribution in [-0.4, -0.2) is 23.4 Å². The Bertz CT molecular complexity index is 650. The lowest BCUT2D eigenvalue weighted by atomic mass is 10.2. The van der Waals surface area contributed by atoms with Crippen LogP contribution in [0.25, 0.3) is 0 Å². The number of amides is 1. The first kappa shape index (κ1) is 16.5. The van der Waals surface area contributed by atoms with E-state index >= 15 is 0 Å². The highest BCUT2D eigenvalue weighted by atomic mass is 32.2. The van der Waals surface area contributed by atoms with Gasteiger partial charge in [0.25, 0.3) is 5.91 Å². The molecule has 7 heteroatoms. The van der Waals surface area contributed by atoms with Crippen LogP contribution in [-0.2, 0) is 6.54 Å². The fourth-order valence-corrected chi connectivity index (χ4v) is 2.43. The molecule has 0 unspecified atom stereocenters. The van der Waals surface area contributed by atoms with Crippen LogP contribution in [0, 0.1) is 6.92 Å². The second kappa shape index (κ2) is 6.48. The van der Waals surface area contributed by atoms with Gasteiger partial charge in [-0.25, -0.2) is 0 Å². The molecule has 0 saturated carbocycles. The van der Waals surface area contributed by atoms with Gasteiger partial charge < -0.3 is 9.32 Å². The molecule has 3 nitrogen and oxygen atoms in total. The molecule has 0 saturated heterocycles. The molecule has 1 aromatic heterocycles. The number of nitrogens with zero attached hydrogens (tertiary/aromatic N) is 1. The molecule has 1 aromatic carbocycles. The number of rotatable bonds is 4. The lowest BCUT2D eigenvalue weighted by Gasteiger charge is -2.16. The minimum absolute atomic E-state index is 0.0494. The molecule has 2 rings (SSSR count). The van der Waals surface area contributed by atoms with Gasteiger partial charge in [-0.2, -0.15) is 13.2 Å². The average molecular weight is 329 g/mol. The topological polar surface area (TPSA) is 33.5 Å². The van der Waals surface area contributed by atoms with E-state index < -0.39 is 5.51 Å². The first-order valence-corrected chi connectivity index (χ1v) is 7.23. The normalized spacial score (nSPS) is 11.5. The molecule has 2 aromatic rings. The van der Waals surface area contributed by atoms with Gasteiger partial charge >= 0.3 is 5.51 Å². The Morgan fingerprint density at radius 1 is 1.18 bits per heavy atom. The summed E-state index contributed by atoms with van der Waals surface area (Å²) in [6.07, 6.45) is 0. The highest BCUT2D eigenvalue weighted by molar-refractivity contribution is 8.00. The van der Waals surface area contributed by atoms with E-state index in [1.807, 2.05) is 6.92 Å². The summed E-state index contributed by atoms with van der Waals surface area (Å²) in [5.74, 6) is 1.12. The largest absolute Gasteiger partial charge is 0.464 e. The number of hydrogen-bond donors (Lipinski definition) is 0. The van der Waals surface area contributed by atoms with Crippen LogP contribution in [0.3, 0.4) is 0 Å². The summed E-state index contributed by atoms with van der Waals surface area (Å²) in [5, 5.41) is 0. The Labute approximate surface area is 130 Å². The van der Waals surface area contributed by atoms with Crippen LogP contribution in [0.1, 0.15) is 21.9 Å². The first-order chi connectivity index (χ1) is 10.2. The van der Waals surface area contributed by atoms with Crippen LogP contribution in [0.5, 0.6) is 0 Å². The number of hydrogen-bond acceptors (Lipinski definition) is 3. The lowest BCUT2D eigenvalue weighted by molar-refractivity contribution is -0.0328. The number of carbonyl (C=O) groups is 1. The van der Waals surface area contributed by atoms with Crippen LogP contribution >= 0.6 is 11.8 Å². The molecule has 0 aliphatic carbocycles. The number of aryl methyl sites for hydroxylation is 1. The third kappa shape index (κ3) is 4.56. The molecule has 0 bridgehead atoms. The maximum Gasteiger partial charge on any atom is 0.446 e. The Balaban J connectivity index is 2.02. The van der Waals surface area contributed by atoms with Crippen molar-refractivity contribution in [2.75, 3.05) is 7.05 Å². The van der Waals surface area contributed by atoms with Crippen molar-refractivity contribution >= 4 is 17.7 Å². The van der Waals surface area contributed by atoms with E-state index in [1.165, 1.54) is 29.2 Å². The molecule has 22 heavy (non-hydrogen) atoms. The van der Waals surface area contributed by atoms with Crippen LogP contribution in [0.15, 0.2) is 45.7 Å². The molecular weight excluding hydrogens is 315 g/mol. The summed E-state index contributed by atoms with van der Waals surface area (Å²) in [6, 6.07) is 8.94. The van der Waals surface area contributed by atoms with E-state index in [0.29, 0.717) is 17.9 Å². The molecule has 0 fully saturated rings. The van der Waals surface area contributed by atoms with E-state index in [-0.39, 0.29) is 22.6 Å². The zero-order valence-electron chi connectivity index (χ0n) is 12.0. The van der Waals surface area contributed by atoms with Crippen molar-refractivity contribution in [3.63, 3.8) is 0 Å². The van der Waals surface area contributed by atoms with Crippen LogP contribution in [0.2, 0.25) is 0 Å². The summed E-state index contributed by atoms with van der Waals surface area (Å²) >= 11 is -0.205. The molecule has 0 aliphatic rings. The molecule has 1 heterocycles. The quantitative estimate of drug-likeness (QED) is 0.776. The van der Waals surface area contributed by atoms with Crippen molar-refractivity contribution in [1.82, 2.24) is 4.90 Å². The molecule has 0 spiro atoms. The third-order valence-corrected chi connectivity index (χ3v) is 3.61. The minimum Gasteiger partial charge on any atom is -0.464 e. The molecule has 0 radical (unpaired) electrons. The SMILES string of the molecule is Cc1ccc(CN(C)C(=O)c2ccc(SC(F)(F)F)cc2)o1. The second-order valence-electron chi connectivity index (χ2n) is 4.75. The maximum atomic E-state index is 12.3. The van der Waals surface area contributed by atoms with E-state index in [2.05, 4.69) is 0 Å². The summed E-state index contributed by atoms with van der Waals surface area (Å²) < 4.78 is 42.1. The average Bonchev–Trinajstić information content (AvgIpc) is 2.82. The van der Waals surface area contributed by atoms with Crippen LogP contribution in [0.4, 0.5) is 13.2 Å². The number of furan rings is 1. The fraction of sp³-hybridized carbons (Fsp3) is 0.267. The van der Waals surface area contributed by atoms with Gasteiger partial charge in [-0.1, -0.05) is 0 Å². The zero-order chi connectivity index (χ0) is 16.3. The summed E-state index contributed by atoms with van der Waals surface area (Å²) in [6.45, 7) is 2.11. The Morgan fingerprint density at radius 2 is 1.82 bits per heavy atom. The number of thioether (sulfide) groups is 1. The highest BCUT2D eigenvalue weighted by Crippen LogP contribution is 2.36. The van der Waals surface area contributed by atoms with Crippen molar-refractivity contribution in [3.8, 4) is 0 Å². The lowest BCUT2D eigenvalue weighted by Crippen LogP contribution is -2.25. The molecular formula is C15H14F3NO2S.